The third-order valence-electron chi connectivity index (χ3n) is 3.45. The quantitative estimate of drug-likeness (QED) is 0.938. The van der Waals surface area contributed by atoms with Gasteiger partial charge in [0, 0.05) is 12.1 Å². The number of ether oxygens (including phenoxy) is 2. The van der Waals surface area contributed by atoms with Gasteiger partial charge in [-0.25, -0.2) is 4.98 Å². The Bertz CT molecular complexity index is 586. The molecular formula is C15H18N2O2S. The lowest BCUT2D eigenvalue weighted by Crippen LogP contribution is -1.96. The van der Waals surface area contributed by atoms with Crippen LogP contribution in [0.5, 0.6) is 11.5 Å². The van der Waals surface area contributed by atoms with E-state index in [0.717, 1.165) is 35.0 Å². The van der Waals surface area contributed by atoms with Crippen LogP contribution < -0.4 is 14.8 Å². The Kier molecular flexibility index (Phi) is 3.78. The van der Waals surface area contributed by atoms with Gasteiger partial charge in [-0.3, -0.25) is 0 Å². The van der Waals surface area contributed by atoms with Gasteiger partial charge in [0.2, 0.25) is 0 Å². The van der Waals surface area contributed by atoms with Gasteiger partial charge in [0.25, 0.3) is 0 Å². The minimum atomic E-state index is 0.739. The second-order valence-corrected chi connectivity index (χ2v) is 5.75. The summed E-state index contributed by atoms with van der Waals surface area (Å²) in [5.74, 6) is 1.48. The van der Waals surface area contributed by atoms with Crippen molar-refractivity contribution in [3.8, 4) is 22.1 Å². The molecule has 3 rings (SSSR count). The number of anilines is 1. The van der Waals surface area contributed by atoms with E-state index in [4.69, 9.17) is 14.5 Å². The standard InChI is InChI=1S/C15H18N2O2S/c1-18-12-7-6-10(9-13(12)19-2)14-17-11-5-3-4-8-16-15(11)20-14/h6-7,9,16H,3-5,8H2,1-2H3. The number of hydrogen-bond donors (Lipinski definition) is 1. The number of methoxy groups -OCH3 is 2. The topological polar surface area (TPSA) is 43.4 Å². The van der Waals surface area contributed by atoms with Gasteiger partial charge in [-0.2, -0.15) is 0 Å². The van der Waals surface area contributed by atoms with Gasteiger partial charge in [0.1, 0.15) is 10.0 Å². The summed E-state index contributed by atoms with van der Waals surface area (Å²) in [7, 11) is 3.30. The summed E-state index contributed by atoms with van der Waals surface area (Å²) in [6, 6.07) is 5.94. The largest absolute Gasteiger partial charge is 0.493 e. The molecule has 2 aromatic rings. The van der Waals surface area contributed by atoms with Crippen molar-refractivity contribution in [2.45, 2.75) is 19.3 Å². The van der Waals surface area contributed by atoms with Gasteiger partial charge in [0.05, 0.1) is 19.9 Å². The van der Waals surface area contributed by atoms with Gasteiger partial charge in [-0.1, -0.05) is 11.3 Å². The molecule has 106 valence electrons. The van der Waals surface area contributed by atoms with Crippen LogP contribution in [0.15, 0.2) is 18.2 Å². The fraction of sp³-hybridized carbons (Fsp3) is 0.400. The first-order valence-electron chi connectivity index (χ1n) is 6.78. The van der Waals surface area contributed by atoms with Crippen LogP contribution in [0.2, 0.25) is 0 Å². The van der Waals surface area contributed by atoms with Crippen LogP contribution in [0.1, 0.15) is 18.5 Å². The van der Waals surface area contributed by atoms with Gasteiger partial charge in [-0.15, -0.1) is 0 Å². The fourth-order valence-electron chi connectivity index (χ4n) is 2.37. The smallest absolute Gasteiger partial charge is 0.161 e. The van der Waals surface area contributed by atoms with Crippen molar-refractivity contribution in [2.75, 3.05) is 26.1 Å². The maximum atomic E-state index is 5.36. The van der Waals surface area contributed by atoms with Crippen molar-refractivity contribution < 1.29 is 9.47 Å². The minimum Gasteiger partial charge on any atom is -0.493 e. The number of nitrogens with zero attached hydrogens (tertiary/aromatic N) is 1. The molecule has 1 aromatic heterocycles. The molecule has 0 fully saturated rings. The first kappa shape index (κ1) is 13.2. The molecule has 0 radical (unpaired) electrons. The number of benzene rings is 1. The maximum absolute atomic E-state index is 5.36. The fourth-order valence-corrected chi connectivity index (χ4v) is 3.41. The van der Waals surface area contributed by atoms with E-state index in [1.54, 1.807) is 25.6 Å². The zero-order chi connectivity index (χ0) is 13.9. The maximum Gasteiger partial charge on any atom is 0.161 e. The van der Waals surface area contributed by atoms with Gasteiger partial charge < -0.3 is 14.8 Å². The van der Waals surface area contributed by atoms with Crippen LogP contribution in [-0.2, 0) is 6.42 Å². The Morgan fingerprint density at radius 1 is 1.15 bits per heavy atom. The van der Waals surface area contributed by atoms with Crippen molar-refractivity contribution >= 4 is 16.3 Å². The molecule has 5 heteroatoms. The summed E-state index contributed by atoms with van der Waals surface area (Å²) in [5, 5.41) is 5.71. The van der Waals surface area contributed by atoms with Crippen molar-refractivity contribution in [3.05, 3.63) is 23.9 Å². The predicted molar refractivity (Wildman–Crippen MR) is 82.1 cm³/mol. The molecule has 0 aliphatic carbocycles. The van der Waals surface area contributed by atoms with Crippen molar-refractivity contribution in [1.82, 2.24) is 4.98 Å². The molecule has 2 heterocycles. The number of hydrogen-bond acceptors (Lipinski definition) is 5. The lowest BCUT2D eigenvalue weighted by Gasteiger charge is -2.08. The van der Waals surface area contributed by atoms with E-state index in [0.29, 0.717) is 0 Å². The molecule has 1 aromatic carbocycles. The molecule has 1 N–H and O–H groups in total. The van der Waals surface area contributed by atoms with Crippen LogP contribution in [0.25, 0.3) is 10.6 Å². The molecule has 0 spiro atoms. The molecule has 0 atom stereocenters. The van der Waals surface area contributed by atoms with Crippen LogP contribution in [0, 0.1) is 0 Å². The monoisotopic (exact) mass is 290 g/mol. The molecule has 0 amide bonds. The van der Waals surface area contributed by atoms with E-state index >= 15 is 0 Å². The van der Waals surface area contributed by atoms with E-state index in [1.807, 2.05) is 18.2 Å². The van der Waals surface area contributed by atoms with Crippen molar-refractivity contribution in [1.29, 1.82) is 0 Å². The first-order valence-corrected chi connectivity index (χ1v) is 7.59. The van der Waals surface area contributed by atoms with E-state index in [9.17, 15) is 0 Å². The zero-order valence-corrected chi connectivity index (χ0v) is 12.5. The summed E-state index contributed by atoms with van der Waals surface area (Å²) < 4.78 is 10.6. The van der Waals surface area contributed by atoms with E-state index in [2.05, 4.69) is 5.32 Å². The molecule has 0 saturated heterocycles. The third kappa shape index (κ3) is 2.45. The van der Waals surface area contributed by atoms with Gasteiger partial charge in [0.15, 0.2) is 11.5 Å². The SMILES string of the molecule is COc1ccc(-c2nc3c(s2)NCCCC3)cc1OC. The number of rotatable bonds is 3. The summed E-state index contributed by atoms with van der Waals surface area (Å²) in [5.41, 5.74) is 2.26. The Morgan fingerprint density at radius 2 is 2.00 bits per heavy atom. The lowest BCUT2D eigenvalue weighted by atomic mass is 10.2. The normalized spacial score (nSPS) is 14.1. The van der Waals surface area contributed by atoms with Crippen LogP contribution in [0.3, 0.4) is 0 Å². The Balaban J connectivity index is 1.97. The Morgan fingerprint density at radius 3 is 2.80 bits per heavy atom. The van der Waals surface area contributed by atoms with Gasteiger partial charge >= 0.3 is 0 Å². The highest BCUT2D eigenvalue weighted by molar-refractivity contribution is 7.19. The number of nitrogens with one attached hydrogen (secondary N) is 1. The molecule has 1 aliphatic heterocycles. The third-order valence-corrected chi connectivity index (χ3v) is 4.56. The second-order valence-electron chi connectivity index (χ2n) is 4.75. The van der Waals surface area contributed by atoms with E-state index < -0.39 is 0 Å². The van der Waals surface area contributed by atoms with Crippen molar-refractivity contribution in [3.63, 3.8) is 0 Å². The van der Waals surface area contributed by atoms with Gasteiger partial charge in [-0.05, 0) is 37.5 Å². The van der Waals surface area contributed by atoms with E-state index in [1.165, 1.54) is 23.5 Å². The Labute approximate surface area is 122 Å². The molecule has 4 nitrogen and oxygen atoms in total. The molecule has 20 heavy (non-hydrogen) atoms. The van der Waals surface area contributed by atoms with Crippen LogP contribution >= 0.6 is 11.3 Å². The molecule has 0 bridgehead atoms. The average molecular weight is 290 g/mol. The second kappa shape index (κ2) is 5.71. The Hall–Kier alpha value is -1.75. The predicted octanol–water partition coefficient (Wildman–Crippen LogP) is 3.58. The zero-order valence-electron chi connectivity index (χ0n) is 11.7. The summed E-state index contributed by atoms with van der Waals surface area (Å²) >= 11 is 1.72. The number of fused-ring (bicyclic) bond motifs is 1. The highest BCUT2D eigenvalue weighted by atomic mass is 32.1. The first-order chi connectivity index (χ1) is 9.81. The number of aromatic nitrogens is 1. The number of thiazole rings is 1. The van der Waals surface area contributed by atoms with Crippen LogP contribution in [-0.4, -0.2) is 25.7 Å². The van der Waals surface area contributed by atoms with E-state index in [-0.39, 0.29) is 0 Å². The van der Waals surface area contributed by atoms with Crippen LogP contribution in [0.4, 0.5) is 5.00 Å². The minimum absolute atomic E-state index is 0.739. The number of aryl methyl sites for hydroxylation is 1. The van der Waals surface area contributed by atoms with Crippen molar-refractivity contribution in [2.24, 2.45) is 0 Å². The summed E-state index contributed by atoms with van der Waals surface area (Å²) in [6.45, 7) is 1.04. The molecular weight excluding hydrogens is 272 g/mol. The highest BCUT2D eigenvalue weighted by Gasteiger charge is 2.16. The molecule has 1 aliphatic rings. The molecule has 0 unspecified atom stereocenters. The average Bonchev–Trinajstić information content (AvgIpc) is 2.77. The lowest BCUT2D eigenvalue weighted by molar-refractivity contribution is 0.355. The molecule has 0 saturated carbocycles. The summed E-state index contributed by atoms with van der Waals surface area (Å²) in [4.78, 5) is 4.77. The summed E-state index contributed by atoms with van der Waals surface area (Å²) in [6.07, 6.45) is 3.48. The highest BCUT2D eigenvalue weighted by Crippen LogP contribution is 2.37.